The van der Waals surface area contributed by atoms with E-state index in [-0.39, 0.29) is 5.69 Å². The lowest BCUT2D eigenvalue weighted by Gasteiger charge is -1.95. The molecular weight excluding hydrogens is 148 g/mol. The Morgan fingerprint density at radius 3 is 2.91 bits per heavy atom. The van der Waals surface area contributed by atoms with Crippen molar-refractivity contribution in [1.29, 1.82) is 0 Å². The molecule has 0 saturated carbocycles. The highest BCUT2D eigenvalue weighted by Crippen LogP contribution is 1.93. The number of hydrogen-bond donors (Lipinski definition) is 0. The van der Waals surface area contributed by atoms with Gasteiger partial charge in [0.05, 0.1) is 13.3 Å². The van der Waals surface area contributed by atoms with Gasteiger partial charge < -0.3 is 0 Å². The first-order valence-electron chi connectivity index (χ1n) is 2.85. The highest BCUT2D eigenvalue weighted by Gasteiger charge is 2.07. The first kappa shape index (κ1) is 7.62. The Morgan fingerprint density at radius 2 is 2.36 bits per heavy atom. The number of rotatable bonds is 2. The highest BCUT2D eigenvalue weighted by molar-refractivity contribution is 5.86. The molecule has 1 aromatic rings. The van der Waals surface area contributed by atoms with Crippen molar-refractivity contribution in [3.63, 3.8) is 0 Å². The van der Waals surface area contributed by atoms with Crippen molar-refractivity contribution >= 4 is 5.97 Å². The van der Waals surface area contributed by atoms with Crippen molar-refractivity contribution in [3.8, 4) is 0 Å². The van der Waals surface area contributed by atoms with Crippen LogP contribution in [0.25, 0.3) is 0 Å². The van der Waals surface area contributed by atoms with Gasteiger partial charge in [0, 0.05) is 12.4 Å². The number of nitrogens with zero attached hydrogens (tertiary/aromatic N) is 2. The molecule has 0 aliphatic carbocycles. The SMILES string of the molecule is COOC(=O)c1cnccn1. The molecule has 0 unspecified atom stereocenters. The number of carbonyl (C=O) groups is 1. The number of hydrogen-bond acceptors (Lipinski definition) is 5. The summed E-state index contributed by atoms with van der Waals surface area (Å²) >= 11 is 0. The average molecular weight is 154 g/mol. The van der Waals surface area contributed by atoms with Crippen LogP contribution in [0.1, 0.15) is 10.5 Å². The van der Waals surface area contributed by atoms with Crippen LogP contribution in [0.15, 0.2) is 18.6 Å². The third-order valence-corrected chi connectivity index (χ3v) is 0.931. The van der Waals surface area contributed by atoms with Gasteiger partial charge in [0.15, 0.2) is 5.69 Å². The van der Waals surface area contributed by atoms with Gasteiger partial charge in [0.2, 0.25) is 0 Å². The molecule has 0 saturated heterocycles. The summed E-state index contributed by atoms with van der Waals surface area (Å²) in [7, 11) is 1.24. The zero-order valence-electron chi connectivity index (χ0n) is 5.85. The fraction of sp³-hybridized carbons (Fsp3) is 0.167. The van der Waals surface area contributed by atoms with Crippen molar-refractivity contribution in [2.45, 2.75) is 0 Å². The Morgan fingerprint density at radius 1 is 1.55 bits per heavy atom. The summed E-state index contributed by atoms with van der Waals surface area (Å²) in [5, 5.41) is 0. The molecule has 0 aromatic carbocycles. The van der Waals surface area contributed by atoms with Crippen molar-refractivity contribution in [2.75, 3.05) is 7.11 Å². The first-order chi connectivity index (χ1) is 5.34. The second-order valence-corrected chi connectivity index (χ2v) is 1.63. The summed E-state index contributed by atoms with van der Waals surface area (Å²) in [6.07, 6.45) is 4.15. The second kappa shape index (κ2) is 3.62. The van der Waals surface area contributed by atoms with Gasteiger partial charge in [-0.25, -0.2) is 9.78 Å². The third kappa shape index (κ3) is 1.98. The number of carbonyl (C=O) groups excluding carboxylic acids is 1. The summed E-state index contributed by atoms with van der Waals surface area (Å²) in [6, 6.07) is 0. The molecule has 0 aliphatic rings. The van der Waals surface area contributed by atoms with Gasteiger partial charge in [-0.3, -0.25) is 9.87 Å². The smallest absolute Gasteiger partial charge is 0.291 e. The van der Waals surface area contributed by atoms with Crippen molar-refractivity contribution in [1.82, 2.24) is 9.97 Å². The van der Waals surface area contributed by atoms with Gasteiger partial charge in [-0.05, 0) is 0 Å². The Bertz CT molecular complexity index is 237. The molecule has 5 heteroatoms. The molecule has 1 heterocycles. The van der Waals surface area contributed by atoms with E-state index in [9.17, 15) is 4.79 Å². The third-order valence-electron chi connectivity index (χ3n) is 0.931. The van der Waals surface area contributed by atoms with E-state index >= 15 is 0 Å². The molecule has 1 aromatic heterocycles. The van der Waals surface area contributed by atoms with E-state index in [2.05, 4.69) is 19.7 Å². The predicted octanol–water partition coefficient (Wildman–Crippen LogP) is 0.195. The Labute approximate surface area is 62.9 Å². The highest BCUT2D eigenvalue weighted by atomic mass is 17.2. The van der Waals surface area contributed by atoms with Crippen LogP contribution < -0.4 is 0 Å². The van der Waals surface area contributed by atoms with E-state index in [0.717, 1.165) is 0 Å². The molecule has 5 nitrogen and oxygen atoms in total. The van der Waals surface area contributed by atoms with E-state index in [0.29, 0.717) is 0 Å². The zero-order chi connectivity index (χ0) is 8.10. The topological polar surface area (TPSA) is 61.3 Å². The van der Waals surface area contributed by atoms with Gasteiger partial charge in [-0.2, -0.15) is 4.89 Å². The van der Waals surface area contributed by atoms with Crippen LogP contribution in [0.5, 0.6) is 0 Å². The standard InChI is InChI=1S/C6H6N2O3/c1-10-11-6(9)5-4-7-2-3-8-5/h2-4H,1H3. The lowest BCUT2D eigenvalue weighted by Crippen LogP contribution is -2.06. The molecule has 0 atom stereocenters. The summed E-state index contributed by atoms with van der Waals surface area (Å²) in [5.74, 6) is -0.652. The van der Waals surface area contributed by atoms with E-state index in [4.69, 9.17) is 0 Å². The summed E-state index contributed by atoms with van der Waals surface area (Å²) < 4.78 is 0. The van der Waals surface area contributed by atoms with Crippen molar-refractivity contribution in [3.05, 3.63) is 24.3 Å². The van der Waals surface area contributed by atoms with Crippen LogP contribution in [0, 0.1) is 0 Å². The summed E-state index contributed by atoms with van der Waals surface area (Å²) in [5.41, 5.74) is 0.120. The molecule has 11 heavy (non-hydrogen) atoms. The molecule has 0 fully saturated rings. The van der Waals surface area contributed by atoms with Gasteiger partial charge in [0.25, 0.3) is 0 Å². The van der Waals surface area contributed by atoms with Crippen LogP contribution in [-0.2, 0) is 9.78 Å². The van der Waals surface area contributed by atoms with Gasteiger partial charge in [-0.15, -0.1) is 0 Å². The monoisotopic (exact) mass is 154 g/mol. The quantitative estimate of drug-likeness (QED) is 0.449. The van der Waals surface area contributed by atoms with Gasteiger partial charge >= 0.3 is 5.97 Å². The Kier molecular flexibility index (Phi) is 2.51. The van der Waals surface area contributed by atoms with E-state index in [1.807, 2.05) is 0 Å². The van der Waals surface area contributed by atoms with Gasteiger partial charge in [0.1, 0.15) is 0 Å². The average Bonchev–Trinajstić information content (AvgIpc) is 2.07. The maximum atomic E-state index is 10.8. The van der Waals surface area contributed by atoms with Crippen LogP contribution in [-0.4, -0.2) is 23.0 Å². The minimum absolute atomic E-state index is 0.120. The van der Waals surface area contributed by atoms with Crippen LogP contribution >= 0.6 is 0 Å². The Balaban J connectivity index is 2.69. The largest absolute Gasteiger partial charge is 0.392 e. The minimum Gasteiger partial charge on any atom is -0.291 e. The van der Waals surface area contributed by atoms with E-state index in [1.54, 1.807) is 0 Å². The second-order valence-electron chi connectivity index (χ2n) is 1.63. The molecule has 0 spiro atoms. The maximum absolute atomic E-state index is 10.8. The summed E-state index contributed by atoms with van der Waals surface area (Å²) in [6.45, 7) is 0. The summed E-state index contributed by atoms with van der Waals surface area (Å²) in [4.78, 5) is 26.5. The fourth-order valence-electron chi connectivity index (χ4n) is 0.523. The number of aromatic nitrogens is 2. The van der Waals surface area contributed by atoms with E-state index < -0.39 is 5.97 Å². The Hall–Kier alpha value is -1.49. The van der Waals surface area contributed by atoms with Crippen LogP contribution in [0.4, 0.5) is 0 Å². The molecule has 0 aliphatic heterocycles. The molecule has 0 N–H and O–H groups in total. The first-order valence-corrected chi connectivity index (χ1v) is 2.85. The molecule has 1 rings (SSSR count). The van der Waals surface area contributed by atoms with Crippen molar-refractivity contribution in [2.24, 2.45) is 0 Å². The molecule has 58 valence electrons. The fourth-order valence-corrected chi connectivity index (χ4v) is 0.523. The van der Waals surface area contributed by atoms with Crippen LogP contribution in [0.2, 0.25) is 0 Å². The van der Waals surface area contributed by atoms with Crippen LogP contribution in [0.3, 0.4) is 0 Å². The molecule has 0 amide bonds. The normalized spacial score (nSPS) is 9.18. The van der Waals surface area contributed by atoms with Crippen molar-refractivity contribution < 1.29 is 14.6 Å². The van der Waals surface area contributed by atoms with E-state index in [1.165, 1.54) is 25.7 Å². The molecule has 0 radical (unpaired) electrons. The molecule has 0 bridgehead atoms. The minimum atomic E-state index is -0.652. The predicted molar refractivity (Wildman–Crippen MR) is 34.5 cm³/mol. The lowest BCUT2D eigenvalue weighted by molar-refractivity contribution is -0.216. The van der Waals surface area contributed by atoms with Gasteiger partial charge in [-0.1, -0.05) is 0 Å². The lowest BCUT2D eigenvalue weighted by atomic mass is 10.5. The maximum Gasteiger partial charge on any atom is 0.392 e. The molecular formula is C6H6N2O3. The zero-order valence-corrected chi connectivity index (χ0v) is 5.85.